The largest absolute Gasteiger partial charge is 0.504 e. The number of carbonyl (C=O) groups excluding carboxylic acids is 2. The minimum absolute atomic E-state index is 0.00533. The van der Waals surface area contributed by atoms with E-state index in [-0.39, 0.29) is 24.7 Å². The van der Waals surface area contributed by atoms with E-state index < -0.39 is 5.91 Å². The molecule has 34 heavy (non-hydrogen) atoms. The number of ether oxygens (including phenoxy) is 1. The summed E-state index contributed by atoms with van der Waals surface area (Å²) in [5.41, 5.74) is 5.98. The fraction of sp³-hybridized carbons (Fsp3) is 0.120. The van der Waals surface area contributed by atoms with E-state index in [1.54, 1.807) is 18.2 Å². The molecule has 0 fully saturated rings. The molecule has 0 radical (unpaired) electrons. The summed E-state index contributed by atoms with van der Waals surface area (Å²) in [6, 6.07) is 19.8. The van der Waals surface area contributed by atoms with Gasteiger partial charge in [0.1, 0.15) is 13.1 Å². The summed E-state index contributed by atoms with van der Waals surface area (Å²) in [7, 11) is 1.44. The van der Waals surface area contributed by atoms with E-state index >= 15 is 0 Å². The van der Waals surface area contributed by atoms with Crippen LogP contribution in [0.1, 0.15) is 16.7 Å². The number of carbonyl (C=O) groups is 2. The van der Waals surface area contributed by atoms with E-state index in [1.807, 2.05) is 42.5 Å². The van der Waals surface area contributed by atoms with Gasteiger partial charge in [0.15, 0.2) is 11.5 Å². The number of benzodiazepines with no additional fused rings is 1. The van der Waals surface area contributed by atoms with Crippen molar-refractivity contribution >= 4 is 45.4 Å². The van der Waals surface area contributed by atoms with Crippen LogP contribution in [0.3, 0.4) is 0 Å². The highest BCUT2D eigenvalue weighted by Crippen LogP contribution is 2.30. The number of nitrogens with one attached hydrogen (secondary N) is 1. The molecule has 2 amide bonds. The molecule has 0 unspecified atom stereocenters. The number of halogens is 1. The standard InChI is InChI=1S/C25H21BrN4O4/c1-34-22-11-16(7-10-21(22)31)13-28-29-23(32)15-30-20-9-8-18(26)12-19(20)25(27-14-24(30)33)17-5-3-2-4-6-17/h2-13,31H,14-15H2,1H3,(H,29,32)/b28-13-. The molecule has 9 heteroatoms. The van der Waals surface area contributed by atoms with E-state index in [4.69, 9.17) is 4.74 Å². The maximum atomic E-state index is 12.9. The Morgan fingerprint density at radius 1 is 1.21 bits per heavy atom. The number of hydrazone groups is 1. The molecule has 3 aromatic rings. The predicted octanol–water partition coefficient (Wildman–Crippen LogP) is 3.50. The first-order valence-electron chi connectivity index (χ1n) is 10.4. The Balaban J connectivity index is 1.54. The lowest BCUT2D eigenvalue weighted by Gasteiger charge is -2.22. The molecule has 0 aromatic heterocycles. The van der Waals surface area contributed by atoms with Crippen LogP contribution in [-0.2, 0) is 9.59 Å². The Bertz CT molecular complexity index is 1290. The summed E-state index contributed by atoms with van der Waals surface area (Å²) in [5.74, 6) is -0.461. The Morgan fingerprint density at radius 3 is 2.76 bits per heavy atom. The Morgan fingerprint density at radius 2 is 2.00 bits per heavy atom. The topological polar surface area (TPSA) is 104 Å². The highest BCUT2D eigenvalue weighted by atomic mass is 79.9. The minimum Gasteiger partial charge on any atom is -0.504 e. The molecule has 172 valence electrons. The second-order valence-corrected chi connectivity index (χ2v) is 8.31. The van der Waals surface area contributed by atoms with Crippen LogP contribution in [0.25, 0.3) is 0 Å². The monoisotopic (exact) mass is 520 g/mol. The van der Waals surface area contributed by atoms with E-state index in [9.17, 15) is 14.7 Å². The van der Waals surface area contributed by atoms with Crippen molar-refractivity contribution in [2.45, 2.75) is 0 Å². The van der Waals surface area contributed by atoms with Crippen molar-refractivity contribution in [2.24, 2.45) is 10.1 Å². The fourth-order valence-corrected chi connectivity index (χ4v) is 3.89. The molecule has 1 aliphatic heterocycles. The van der Waals surface area contributed by atoms with Crippen molar-refractivity contribution in [3.05, 3.63) is 87.9 Å². The van der Waals surface area contributed by atoms with Gasteiger partial charge in [-0.1, -0.05) is 46.3 Å². The maximum Gasteiger partial charge on any atom is 0.260 e. The van der Waals surface area contributed by atoms with Crippen LogP contribution in [0.4, 0.5) is 5.69 Å². The number of aliphatic imine (C=N–C) groups is 1. The summed E-state index contributed by atoms with van der Waals surface area (Å²) in [5, 5.41) is 13.6. The van der Waals surface area contributed by atoms with Crippen LogP contribution in [-0.4, -0.2) is 49.0 Å². The number of rotatable bonds is 6. The first-order chi connectivity index (χ1) is 16.5. The lowest BCUT2D eigenvalue weighted by molar-refractivity contribution is -0.123. The third kappa shape index (κ3) is 5.15. The molecule has 1 aliphatic rings. The van der Waals surface area contributed by atoms with Crippen molar-refractivity contribution in [3.8, 4) is 11.5 Å². The molecule has 1 heterocycles. The average Bonchev–Trinajstić information content (AvgIpc) is 2.97. The van der Waals surface area contributed by atoms with Gasteiger partial charge in [-0.05, 0) is 42.0 Å². The van der Waals surface area contributed by atoms with Crippen molar-refractivity contribution in [1.82, 2.24) is 5.43 Å². The predicted molar refractivity (Wildman–Crippen MR) is 134 cm³/mol. The highest BCUT2D eigenvalue weighted by Gasteiger charge is 2.27. The molecule has 8 nitrogen and oxygen atoms in total. The summed E-state index contributed by atoms with van der Waals surface area (Å²) < 4.78 is 5.90. The van der Waals surface area contributed by atoms with Gasteiger partial charge in [0.25, 0.3) is 5.91 Å². The van der Waals surface area contributed by atoms with Crippen LogP contribution in [0.15, 0.2) is 81.3 Å². The first-order valence-corrected chi connectivity index (χ1v) is 11.1. The minimum atomic E-state index is -0.465. The Kier molecular flexibility index (Phi) is 7.03. The van der Waals surface area contributed by atoms with E-state index in [2.05, 4.69) is 31.4 Å². The number of nitrogens with zero attached hydrogens (tertiary/aromatic N) is 3. The summed E-state index contributed by atoms with van der Waals surface area (Å²) in [4.78, 5) is 31.5. The maximum absolute atomic E-state index is 12.9. The third-order valence-electron chi connectivity index (χ3n) is 5.13. The molecular formula is C25H21BrN4O4. The molecule has 4 rings (SSSR count). The number of methoxy groups -OCH3 is 1. The van der Waals surface area contributed by atoms with Gasteiger partial charge >= 0.3 is 0 Å². The molecule has 3 aromatic carbocycles. The zero-order chi connectivity index (χ0) is 24.1. The highest BCUT2D eigenvalue weighted by molar-refractivity contribution is 9.10. The number of hydrogen-bond acceptors (Lipinski definition) is 6. The van der Waals surface area contributed by atoms with Gasteiger partial charge in [0.2, 0.25) is 5.91 Å². The molecule has 2 N–H and O–H groups in total. The van der Waals surface area contributed by atoms with Crippen LogP contribution < -0.4 is 15.1 Å². The van der Waals surface area contributed by atoms with Crippen LogP contribution in [0, 0.1) is 0 Å². The van der Waals surface area contributed by atoms with Gasteiger partial charge < -0.3 is 14.7 Å². The van der Waals surface area contributed by atoms with E-state index in [0.29, 0.717) is 22.7 Å². The van der Waals surface area contributed by atoms with Gasteiger partial charge in [-0.3, -0.25) is 14.6 Å². The molecule has 0 aliphatic carbocycles. The number of phenols is 1. The number of phenolic OH excluding ortho intramolecular Hbond substituents is 1. The average molecular weight is 521 g/mol. The number of hydrogen-bond donors (Lipinski definition) is 2. The number of benzene rings is 3. The van der Waals surface area contributed by atoms with Crippen molar-refractivity contribution in [3.63, 3.8) is 0 Å². The zero-order valence-electron chi connectivity index (χ0n) is 18.2. The number of anilines is 1. The summed E-state index contributed by atoms with van der Waals surface area (Å²) in [6.45, 7) is -0.304. The van der Waals surface area contributed by atoms with Gasteiger partial charge in [-0.15, -0.1) is 0 Å². The second kappa shape index (κ2) is 10.3. The summed E-state index contributed by atoms with van der Waals surface area (Å²) >= 11 is 3.49. The molecule has 0 saturated carbocycles. The van der Waals surface area contributed by atoms with Gasteiger partial charge in [-0.25, -0.2) is 5.43 Å². The van der Waals surface area contributed by atoms with Gasteiger partial charge in [0.05, 0.1) is 24.7 Å². The Hall–Kier alpha value is -3.98. The van der Waals surface area contributed by atoms with Crippen LogP contribution >= 0.6 is 15.9 Å². The molecule has 0 atom stereocenters. The quantitative estimate of drug-likeness (QED) is 0.383. The van der Waals surface area contributed by atoms with Gasteiger partial charge in [0, 0.05) is 15.6 Å². The number of fused-ring (bicyclic) bond motifs is 1. The Labute approximate surface area is 204 Å². The molecule has 0 saturated heterocycles. The number of aromatic hydroxyl groups is 1. The molecular weight excluding hydrogens is 500 g/mol. The smallest absolute Gasteiger partial charge is 0.260 e. The van der Waals surface area contributed by atoms with E-state index in [0.717, 1.165) is 15.6 Å². The zero-order valence-corrected chi connectivity index (χ0v) is 19.8. The lowest BCUT2D eigenvalue weighted by atomic mass is 10.0. The normalized spacial score (nSPS) is 13.3. The molecule has 0 spiro atoms. The number of amides is 2. The lowest BCUT2D eigenvalue weighted by Crippen LogP contribution is -2.40. The third-order valence-corrected chi connectivity index (χ3v) is 5.63. The fourth-order valence-electron chi connectivity index (χ4n) is 3.53. The summed E-state index contributed by atoms with van der Waals surface area (Å²) in [6.07, 6.45) is 1.42. The first kappa shape index (κ1) is 23.2. The SMILES string of the molecule is COc1cc(/C=N\NC(=O)CN2C(=O)CN=C(c3ccccc3)c3cc(Br)ccc32)ccc1O. The van der Waals surface area contributed by atoms with Crippen LogP contribution in [0.2, 0.25) is 0 Å². The van der Waals surface area contributed by atoms with Gasteiger partial charge in [-0.2, -0.15) is 5.10 Å². The second-order valence-electron chi connectivity index (χ2n) is 7.40. The van der Waals surface area contributed by atoms with Crippen molar-refractivity contribution in [1.29, 1.82) is 0 Å². The van der Waals surface area contributed by atoms with Crippen molar-refractivity contribution < 1.29 is 19.4 Å². The van der Waals surface area contributed by atoms with Crippen molar-refractivity contribution in [2.75, 3.05) is 25.1 Å². The molecule has 0 bridgehead atoms. The van der Waals surface area contributed by atoms with E-state index in [1.165, 1.54) is 24.3 Å². The van der Waals surface area contributed by atoms with Crippen LogP contribution in [0.5, 0.6) is 11.5 Å².